The molecule has 0 aromatic carbocycles. The van der Waals surface area contributed by atoms with Crippen molar-refractivity contribution in [1.29, 1.82) is 0 Å². The van der Waals surface area contributed by atoms with Gasteiger partial charge in [0.25, 0.3) is 0 Å². The molecule has 0 spiro atoms. The van der Waals surface area contributed by atoms with Crippen molar-refractivity contribution in [3.05, 3.63) is 30.1 Å². The molecule has 1 atom stereocenters. The quantitative estimate of drug-likeness (QED) is 0.774. The molecule has 7 heteroatoms. The van der Waals surface area contributed by atoms with E-state index >= 15 is 0 Å². The maximum absolute atomic E-state index is 11.7. The van der Waals surface area contributed by atoms with Crippen molar-refractivity contribution in [3.8, 4) is 0 Å². The van der Waals surface area contributed by atoms with Crippen LogP contribution in [0.4, 0.5) is 4.79 Å². The minimum atomic E-state index is -1.12. The molecule has 0 radical (unpaired) electrons. The summed E-state index contributed by atoms with van der Waals surface area (Å²) in [7, 11) is 2.88. The van der Waals surface area contributed by atoms with Gasteiger partial charge in [-0.25, -0.2) is 9.59 Å². The third-order valence-electron chi connectivity index (χ3n) is 2.47. The number of hydrogen-bond donors (Lipinski definition) is 2. The van der Waals surface area contributed by atoms with E-state index in [1.54, 1.807) is 25.4 Å². The second kappa shape index (κ2) is 7.32. The van der Waals surface area contributed by atoms with Crippen LogP contribution in [0.3, 0.4) is 0 Å². The van der Waals surface area contributed by atoms with Gasteiger partial charge in [-0.15, -0.1) is 0 Å². The molecule has 1 rings (SSSR count). The number of carbonyl (C=O) groups is 2. The number of amides is 2. The molecule has 0 saturated carbocycles. The molecule has 0 saturated heterocycles. The summed E-state index contributed by atoms with van der Waals surface area (Å²) in [5.74, 6) is -1.12. The first kappa shape index (κ1) is 14.9. The van der Waals surface area contributed by atoms with Crippen LogP contribution in [0.15, 0.2) is 24.4 Å². The third kappa shape index (κ3) is 4.92. The van der Waals surface area contributed by atoms with E-state index in [1.807, 2.05) is 6.07 Å². The van der Waals surface area contributed by atoms with E-state index in [1.165, 1.54) is 12.0 Å². The SMILES string of the molecule is COC(CNC(=O)N(C)Cc1ccccn1)C(=O)O. The highest BCUT2D eigenvalue weighted by molar-refractivity contribution is 5.76. The average molecular weight is 267 g/mol. The van der Waals surface area contributed by atoms with E-state index in [-0.39, 0.29) is 12.6 Å². The molecule has 2 N–H and O–H groups in total. The van der Waals surface area contributed by atoms with Crippen molar-refractivity contribution in [2.24, 2.45) is 0 Å². The normalized spacial score (nSPS) is 11.7. The number of urea groups is 1. The number of nitrogens with one attached hydrogen (secondary N) is 1. The van der Waals surface area contributed by atoms with E-state index in [9.17, 15) is 9.59 Å². The topological polar surface area (TPSA) is 91.8 Å². The number of methoxy groups -OCH3 is 1. The monoisotopic (exact) mass is 267 g/mol. The highest BCUT2D eigenvalue weighted by Crippen LogP contribution is 1.99. The Morgan fingerprint density at radius 1 is 1.53 bits per heavy atom. The zero-order chi connectivity index (χ0) is 14.3. The Labute approximate surface area is 111 Å². The lowest BCUT2D eigenvalue weighted by atomic mass is 10.3. The lowest BCUT2D eigenvalue weighted by Gasteiger charge is -2.19. The van der Waals surface area contributed by atoms with Crippen molar-refractivity contribution in [3.63, 3.8) is 0 Å². The summed E-state index contributed by atoms with van der Waals surface area (Å²) in [6.45, 7) is 0.259. The Bertz CT molecular complexity index is 424. The van der Waals surface area contributed by atoms with Crippen LogP contribution in [-0.2, 0) is 16.1 Å². The van der Waals surface area contributed by atoms with Gasteiger partial charge in [0.2, 0.25) is 0 Å². The molecule has 19 heavy (non-hydrogen) atoms. The molecule has 1 aromatic heterocycles. The van der Waals surface area contributed by atoms with E-state index in [0.717, 1.165) is 5.69 Å². The van der Waals surface area contributed by atoms with Gasteiger partial charge < -0.3 is 20.1 Å². The van der Waals surface area contributed by atoms with Gasteiger partial charge in [0.05, 0.1) is 18.8 Å². The van der Waals surface area contributed by atoms with Crippen molar-refractivity contribution >= 4 is 12.0 Å². The van der Waals surface area contributed by atoms with Crippen LogP contribution >= 0.6 is 0 Å². The number of aliphatic carboxylic acids is 1. The maximum Gasteiger partial charge on any atom is 0.334 e. The minimum Gasteiger partial charge on any atom is -0.479 e. The molecule has 7 nitrogen and oxygen atoms in total. The number of pyridine rings is 1. The zero-order valence-corrected chi connectivity index (χ0v) is 10.9. The fourth-order valence-electron chi connectivity index (χ4n) is 1.39. The highest BCUT2D eigenvalue weighted by atomic mass is 16.5. The smallest absolute Gasteiger partial charge is 0.334 e. The lowest BCUT2D eigenvalue weighted by molar-refractivity contribution is -0.148. The fourth-order valence-corrected chi connectivity index (χ4v) is 1.39. The molecule has 104 valence electrons. The number of carbonyl (C=O) groups excluding carboxylic acids is 1. The van der Waals surface area contributed by atoms with Gasteiger partial charge in [0.1, 0.15) is 0 Å². The summed E-state index contributed by atoms with van der Waals surface area (Å²) < 4.78 is 4.72. The third-order valence-corrected chi connectivity index (χ3v) is 2.47. The predicted molar refractivity (Wildman–Crippen MR) is 67.5 cm³/mol. The van der Waals surface area contributed by atoms with Gasteiger partial charge in [-0.05, 0) is 12.1 Å². The van der Waals surface area contributed by atoms with Crippen molar-refractivity contribution in [1.82, 2.24) is 15.2 Å². The molecule has 2 amide bonds. The van der Waals surface area contributed by atoms with Gasteiger partial charge in [-0.1, -0.05) is 6.07 Å². The summed E-state index contributed by atoms with van der Waals surface area (Å²) in [6, 6.07) is 5.05. The van der Waals surface area contributed by atoms with E-state index in [0.29, 0.717) is 6.54 Å². The summed E-state index contributed by atoms with van der Waals surface area (Å²) in [4.78, 5) is 27.9. The van der Waals surface area contributed by atoms with Crippen LogP contribution in [0.1, 0.15) is 5.69 Å². The van der Waals surface area contributed by atoms with Crippen LogP contribution in [0, 0.1) is 0 Å². The van der Waals surface area contributed by atoms with Crippen molar-refractivity contribution in [2.75, 3.05) is 20.7 Å². The number of hydrogen-bond acceptors (Lipinski definition) is 4. The summed E-state index contributed by atoms with van der Waals surface area (Å²) in [6.07, 6.45) is 0.596. The van der Waals surface area contributed by atoms with Gasteiger partial charge >= 0.3 is 12.0 Å². The van der Waals surface area contributed by atoms with Crippen LogP contribution in [-0.4, -0.2) is 53.8 Å². The summed E-state index contributed by atoms with van der Waals surface area (Å²) in [5, 5.41) is 11.2. The Hall–Kier alpha value is -2.15. The molecular formula is C12H17N3O4. The van der Waals surface area contributed by atoms with Crippen LogP contribution < -0.4 is 5.32 Å². The Balaban J connectivity index is 2.43. The second-order valence-electron chi connectivity index (χ2n) is 3.93. The van der Waals surface area contributed by atoms with Crippen molar-refractivity contribution in [2.45, 2.75) is 12.6 Å². The predicted octanol–water partition coefficient (Wildman–Crippen LogP) is 0.323. The lowest BCUT2D eigenvalue weighted by Crippen LogP contribution is -2.43. The van der Waals surface area contributed by atoms with Crippen LogP contribution in [0.25, 0.3) is 0 Å². The Kier molecular flexibility index (Phi) is 5.74. The van der Waals surface area contributed by atoms with Gasteiger partial charge in [-0.3, -0.25) is 4.98 Å². The molecule has 1 heterocycles. The molecule has 0 aliphatic heterocycles. The number of rotatable bonds is 6. The van der Waals surface area contributed by atoms with Crippen LogP contribution in [0.2, 0.25) is 0 Å². The number of carboxylic acid groups (broad SMARTS) is 1. The molecule has 0 aliphatic rings. The molecular weight excluding hydrogens is 250 g/mol. The van der Waals surface area contributed by atoms with Crippen LogP contribution in [0.5, 0.6) is 0 Å². The van der Waals surface area contributed by atoms with E-state index in [2.05, 4.69) is 10.3 Å². The second-order valence-corrected chi connectivity index (χ2v) is 3.93. The standard InChI is InChI=1S/C12H17N3O4/c1-15(8-9-5-3-4-6-13-9)12(18)14-7-10(19-2)11(16)17/h3-6,10H,7-8H2,1-2H3,(H,14,18)(H,16,17). The number of aromatic nitrogens is 1. The van der Waals surface area contributed by atoms with E-state index in [4.69, 9.17) is 9.84 Å². The molecule has 0 aliphatic carbocycles. The average Bonchev–Trinajstić information content (AvgIpc) is 2.39. The van der Waals surface area contributed by atoms with Gasteiger partial charge in [0, 0.05) is 20.4 Å². The number of ether oxygens (including phenoxy) is 1. The largest absolute Gasteiger partial charge is 0.479 e. The summed E-state index contributed by atoms with van der Waals surface area (Å²) >= 11 is 0. The zero-order valence-electron chi connectivity index (χ0n) is 10.9. The highest BCUT2D eigenvalue weighted by Gasteiger charge is 2.18. The first-order valence-electron chi connectivity index (χ1n) is 5.69. The molecule has 1 aromatic rings. The van der Waals surface area contributed by atoms with Gasteiger partial charge in [0.15, 0.2) is 6.10 Å². The Morgan fingerprint density at radius 2 is 2.26 bits per heavy atom. The Morgan fingerprint density at radius 3 is 2.79 bits per heavy atom. The van der Waals surface area contributed by atoms with E-state index < -0.39 is 12.1 Å². The van der Waals surface area contributed by atoms with Gasteiger partial charge in [-0.2, -0.15) is 0 Å². The fraction of sp³-hybridized carbons (Fsp3) is 0.417. The number of carboxylic acids is 1. The molecule has 1 unspecified atom stereocenters. The first-order valence-corrected chi connectivity index (χ1v) is 5.69. The molecule has 0 fully saturated rings. The first-order chi connectivity index (χ1) is 9.04. The number of nitrogens with zero attached hydrogens (tertiary/aromatic N) is 2. The summed E-state index contributed by atoms with van der Waals surface area (Å²) in [5.41, 5.74) is 0.752. The minimum absolute atomic E-state index is 0.0861. The van der Waals surface area contributed by atoms with Crippen molar-refractivity contribution < 1.29 is 19.4 Å². The maximum atomic E-state index is 11.7. The molecule has 0 bridgehead atoms.